The second-order valence-electron chi connectivity index (χ2n) is 12.3. The van der Waals surface area contributed by atoms with Crippen LogP contribution in [0, 0.1) is 92.7 Å². The lowest BCUT2D eigenvalue weighted by Gasteiger charge is -2.82. The number of hydrogen-bond donors (Lipinski definition) is 0. The van der Waals surface area contributed by atoms with E-state index in [1.807, 2.05) is 0 Å². The molecule has 0 heteroatoms. The summed E-state index contributed by atoms with van der Waals surface area (Å²) in [5.74, 6) is 15.5. The van der Waals surface area contributed by atoms with E-state index in [4.69, 9.17) is 0 Å². The molecule has 0 nitrogen and oxygen atoms in total. The van der Waals surface area contributed by atoms with Crippen molar-refractivity contribution < 1.29 is 0 Å². The number of rotatable bonds is 0. The van der Waals surface area contributed by atoms with Crippen LogP contribution in [0.1, 0.15) is 38.5 Å². The van der Waals surface area contributed by atoms with Crippen LogP contribution in [0.15, 0.2) is 0 Å². The molecule has 0 N–H and O–H groups in total. The minimum atomic E-state index is 1.02. The van der Waals surface area contributed by atoms with E-state index in [0.717, 1.165) is 21.7 Å². The first-order valence-corrected chi connectivity index (χ1v) is 10.9. The van der Waals surface area contributed by atoms with Crippen LogP contribution in [0.25, 0.3) is 0 Å². The first-order valence-electron chi connectivity index (χ1n) is 10.9. The van der Waals surface area contributed by atoms with E-state index in [1.165, 1.54) is 71.0 Å². The molecule has 14 bridgehead atoms. The third kappa shape index (κ3) is 0.358. The zero-order valence-electron chi connectivity index (χ0n) is 13.2. The van der Waals surface area contributed by atoms with Crippen LogP contribution in [0.4, 0.5) is 0 Å². The summed E-state index contributed by atoms with van der Waals surface area (Å²) in [5.41, 5.74) is 4.08. The molecule has 8 atom stereocenters. The fourth-order valence-electron chi connectivity index (χ4n) is 17.3. The molecule has 15 aliphatic carbocycles. The highest BCUT2D eigenvalue weighted by molar-refractivity contribution is 5.63. The Hall–Kier alpha value is 0. The van der Waals surface area contributed by atoms with Crippen molar-refractivity contribution in [3.05, 3.63) is 0 Å². The summed E-state index contributed by atoms with van der Waals surface area (Å²) in [6.45, 7) is 0. The van der Waals surface area contributed by atoms with Gasteiger partial charge in [-0.15, -0.1) is 0 Å². The average molecular weight is 288 g/mol. The largest absolute Gasteiger partial charge is 0.0493 e. The van der Waals surface area contributed by atoms with Gasteiger partial charge in [-0.1, -0.05) is 0 Å². The molecule has 0 aromatic heterocycles. The summed E-state index contributed by atoms with van der Waals surface area (Å²) in [6, 6.07) is 0. The lowest BCUT2D eigenvalue weighted by atomic mass is 9.21. The highest BCUT2D eigenvalue weighted by Crippen LogP contribution is 3.20. The van der Waals surface area contributed by atoms with Gasteiger partial charge in [0, 0.05) is 0 Å². The van der Waals surface area contributed by atoms with Crippen molar-refractivity contribution in [3.8, 4) is 0 Å². The third-order valence-electron chi connectivity index (χ3n) is 14.6. The molecule has 8 unspecified atom stereocenters. The zero-order chi connectivity index (χ0) is 13.2. The van der Waals surface area contributed by atoms with E-state index >= 15 is 0 Å². The normalized spacial score (nSPS) is 100. The topological polar surface area (TPSA) is 0 Å². The molecule has 0 aromatic rings. The van der Waals surface area contributed by atoms with Gasteiger partial charge in [0.25, 0.3) is 0 Å². The molecule has 0 heterocycles. The van der Waals surface area contributed by atoms with Gasteiger partial charge in [0.2, 0.25) is 0 Å². The Balaban J connectivity index is 1.52. The van der Waals surface area contributed by atoms with E-state index in [0.29, 0.717) is 0 Å². The molecular weight excluding hydrogens is 264 g/mol. The zero-order valence-corrected chi connectivity index (χ0v) is 13.2. The lowest BCUT2D eigenvalue weighted by Crippen LogP contribution is -2.79. The average Bonchev–Trinajstić information content (AvgIpc) is 3.24. The quantitative estimate of drug-likeness (QED) is 0.636. The van der Waals surface area contributed by atoms with E-state index < -0.39 is 0 Å². The second kappa shape index (κ2) is 1.93. The molecule has 22 heavy (non-hydrogen) atoms. The maximum atomic E-state index is 1.77. The van der Waals surface area contributed by atoms with Crippen LogP contribution >= 0.6 is 0 Å². The highest BCUT2D eigenvalue weighted by atomic mass is 15.2. The molecule has 0 aromatic carbocycles. The molecule has 4 spiro atoms. The minimum Gasteiger partial charge on any atom is -0.0493 e. The Morgan fingerprint density at radius 3 is 0.955 bits per heavy atom. The molecule has 0 saturated heterocycles. The maximum Gasteiger partial charge on any atom is -0.00997 e. The van der Waals surface area contributed by atoms with Crippen LogP contribution in [-0.4, -0.2) is 0 Å². The molecule has 15 fully saturated rings. The van der Waals surface area contributed by atoms with E-state index in [1.54, 1.807) is 38.5 Å². The Kier molecular flexibility index (Phi) is 0.830. The van der Waals surface area contributed by atoms with Gasteiger partial charge in [-0.25, -0.2) is 0 Å². The van der Waals surface area contributed by atoms with Gasteiger partial charge in [0.1, 0.15) is 0 Å². The molecule has 0 amide bonds. The molecule has 15 saturated carbocycles. The van der Waals surface area contributed by atoms with Crippen molar-refractivity contribution in [2.75, 3.05) is 0 Å². The van der Waals surface area contributed by atoms with Crippen LogP contribution in [0.5, 0.6) is 0 Å². The van der Waals surface area contributed by atoms with Gasteiger partial charge in [0.05, 0.1) is 0 Å². The van der Waals surface area contributed by atoms with Crippen molar-refractivity contribution >= 4 is 0 Å². The van der Waals surface area contributed by atoms with Crippen molar-refractivity contribution in [2.45, 2.75) is 38.5 Å². The molecule has 112 valence electrons. The molecule has 0 aliphatic heterocycles. The second-order valence-corrected chi connectivity index (χ2v) is 12.3. The smallest absolute Gasteiger partial charge is 0.00997 e. The maximum absolute atomic E-state index is 1.77. The van der Waals surface area contributed by atoms with Crippen LogP contribution in [0.2, 0.25) is 0 Å². The summed E-state index contributed by atoms with van der Waals surface area (Å²) < 4.78 is 0. The van der Waals surface area contributed by atoms with Crippen molar-refractivity contribution in [3.63, 3.8) is 0 Å². The Morgan fingerprint density at radius 1 is 0.364 bits per heavy atom. The number of hydrogen-bond acceptors (Lipinski definition) is 0. The first-order chi connectivity index (χ1) is 10.9. The van der Waals surface area contributed by atoms with Crippen molar-refractivity contribution in [2.24, 2.45) is 92.7 Å². The lowest BCUT2D eigenvalue weighted by molar-refractivity contribution is -0.364. The third-order valence-corrected chi connectivity index (χ3v) is 14.6. The summed E-state index contributed by atoms with van der Waals surface area (Å²) >= 11 is 0. The predicted molar refractivity (Wildman–Crippen MR) is 79.3 cm³/mol. The van der Waals surface area contributed by atoms with Gasteiger partial charge in [0.15, 0.2) is 0 Å². The Labute approximate surface area is 131 Å². The van der Waals surface area contributed by atoms with E-state index in [2.05, 4.69) is 0 Å². The molecular formula is C22H24. The van der Waals surface area contributed by atoms with Gasteiger partial charge in [-0.05, 0) is 131 Å². The first kappa shape index (κ1) is 9.47. The molecule has 15 aliphatic rings. The fraction of sp³-hybridized carbons (Fsp3) is 1.00. The van der Waals surface area contributed by atoms with Gasteiger partial charge in [-0.3, -0.25) is 0 Å². The number of fused-ring (bicyclic) bond motifs is 2. The van der Waals surface area contributed by atoms with Gasteiger partial charge in [-0.2, -0.15) is 0 Å². The Morgan fingerprint density at radius 2 is 0.636 bits per heavy atom. The molecule has 0 radical (unpaired) electrons. The summed E-state index contributed by atoms with van der Waals surface area (Å²) in [5, 5.41) is 0. The van der Waals surface area contributed by atoms with E-state index in [9.17, 15) is 0 Å². The minimum absolute atomic E-state index is 1.02. The van der Waals surface area contributed by atoms with Crippen LogP contribution in [-0.2, 0) is 0 Å². The summed E-state index contributed by atoms with van der Waals surface area (Å²) in [7, 11) is 0. The highest BCUT2D eigenvalue weighted by Gasteiger charge is 3.17. The van der Waals surface area contributed by atoms with Crippen LogP contribution < -0.4 is 0 Å². The van der Waals surface area contributed by atoms with Crippen molar-refractivity contribution in [1.29, 1.82) is 0 Å². The monoisotopic (exact) mass is 288 g/mol. The fourth-order valence-corrected chi connectivity index (χ4v) is 17.3. The SMILES string of the molecule is C1CC2C3C4C1C15C6CC7C8C6C6CC8C8(C3CCC4C718)C265. The van der Waals surface area contributed by atoms with Crippen molar-refractivity contribution in [1.82, 2.24) is 0 Å². The Bertz CT molecular complexity index is 656. The van der Waals surface area contributed by atoms with E-state index in [-0.39, 0.29) is 0 Å². The standard InChI is InChI=1S/C22H24/c1-2-8-16-10-4-3-9-15(16)7(1)19-11-5-13-18-14-6-12(17(11)18)20(8,19)22(10,14)21(9,13)19/h7-18H,1-6H2. The predicted octanol–water partition coefficient (Wildman–Crippen LogP) is 3.82. The van der Waals surface area contributed by atoms with Gasteiger partial charge >= 0.3 is 0 Å². The summed E-state index contributed by atoms with van der Waals surface area (Å²) in [4.78, 5) is 0. The van der Waals surface area contributed by atoms with Gasteiger partial charge < -0.3 is 0 Å². The van der Waals surface area contributed by atoms with Crippen LogP contribution in [0.3, 0.4) is 0 Å². The molecule has 15 rings (SSSR count). The summed E-state index contributed by atoms with van der Waals surface area (Å²) in [6.07, 6.45) is 10.4.